The van der Waals surface area contributed by atoms with E-state index in [1.54, 1.807) is 25.3 Å². The van der Waals surface area contributed by atoms with Gasteiger partial charge in [-0.15, -0.1) is 0 Å². The number of carbonyl (C=O) groups excluding carboxylic acids is 1. The lowest BCUT2D eigenvalue weighted by molar-refractivity contribution is -0.143. The number of hydrogen-bond acceptors (Lipinski definition) is 5. The van der Waals surface area contributed by atoms with Crippen molar-refractivity contribution in [2.24, 2.45) is 11.8 Å². The zero-order chi connectivity index (χ0) is 24.7. The van der Waals surface area contributed by atoms with Crippen LogP contribution in [0.1, 0.15) is 60.1 Å². The molecule has 8 heteroatoms. The van der Waals surface area contributed by atoms with Gasteiger partial charge in [0.15, 0.2) is 0 Å². The minimum absolute atomic E-state index is 0.0759. The molecule has 1 amide bonds. The smallest absolute Gasteiger partial charge is 0.306 e. The van der Waals surface area contributed by atoms with Crippen LogP contribution in [0.3, 0.4) is 0 Å². The van der Waals surface area contributed by atoms with Gasteiger partial charge in [0.05, 0.1) is 29.8 Å². The lowest BCUT2D eigenvalue weighted by Crippen LogP contribution is -2.32. The molecule has 1 unspecified atom stereocenters. The SMILES string of the molecule is COc1ccc(CCO)cc1C(C)Nc1ccc(C(=O)NCC2CCC(C(=O)O)CC2)cc1Cl. The van der Waals surface area contributed by atoms with Crippen LogP contribution in [0, 0.1) is 11.8 Å². The number of benzene rings is 2. The third kappa shape index (κ3) is 6.64. The Hall–Kier alpha value is -2.77. The summed E-state index contributed by atoms with van der Waals surface area (Å²) in [4.78, 5) is 23.7. The third-order valence-corrected chi connectivity index (χ3v) is 6.82. The van der Waals surface area contributed by atoms with Crippen molar-refractivity contribution in [2.45, 2.75) is 45.1 Å². The Morgan fingerprint density at radius 2 is 1.88 bits per heavy atom. The molecule has 1 fully saturated rings. The first-order chi connectivity index (χ1) is 16.3. The number of carbonyl (C=O) groups is 2. The van der Waals surface area contributed by atoms with Crippen molar-refractivity contribution < 1.29 is 24.5 Å². The number of ether oxygens (including phenoxy) is 1. The van der Waals surface area contributed by atoms with Crippen molar-refractivity contribution in [1.82, 2.24) is 5.32 Å². The summed E-state index contributed by atoms with van der Waals surface area (Å²) in [6, 6.07) is 10.9. The van der Waals surface area contributed by atoms with Crippen LogP contribution in [0.15, 0.2) is 36.4 Å². The lowest BCUT2D eigenvalue weighted by Gasteiger charge is -2.26. The Labute approximate surface area is 205 Å². The van der Waals surface area contributed by atoms with Gasteiger partial charge < -0.3 is 25.6 Å². The van der Waals surface area contributed by atoms with Gasteiger partial charge in [-0.1, -0.05) is 17.7 Å². The molecule has 0 saturated heterocycles. The van der Waals surface area contributed by atoms with E-state index in [9.17, 15) is 14.7 Å². The molecule has 1 atom stereocenters. The molecule has 3 rings (SSSR count). The number of hydrogen-bond donors (Lipinski definition) is 4. The molecule has 4 N–H and O–H groups in total. The van der Waals surface area contributed by atoms with Gasteiger partial charge in [-0.05, 0) is 80.8 Å². The van der Waals surface area contributed by atoms with Crippen molar-refractivity contribution in [3.63, 3.8) is 0 Å². The molecular weight excluding hydrogens is 456 g/mol. The average Bonchev–Trinajstić information content (AvgIpc) is 2.84. The van der Waals surface area contributed by atoms with Gasteiger partial charge in [-0.2, -0.15) is 0 Å². The van der Waals surface area contributed by atoms with Crippen molar-refractivity contribution in [3.05, 3.63) is 58.1 Å². The zero-order valence-electron chi connectivity index (χ0n) is 19.6. The second kappa shape index (κ2) is 12.1. The predicted molar refractivity (Wildman–Crippen MR) is 133 cm³/mol. The molecule has 2 aromatic rings. The van der Waals surface area contributed by atoms with E-state index in [2.05, 4.69) is 10.6 Å². The number of halogens is 1. The van der Waals surface area contributed by atoms with Crippen LogP contribution in [0.5, 0.6) is 5.75 Å². The molecule has 0 aromatic heterocycles. The van der Waals surface area contributed by atoms with E-state index >= 15 is 0 Å². The second-order valence-electron chi connectivity index (χ2n) is 8.88. The lowest BCUT2D eigenvalue weighted by atomic mass is 9.82. The molecule has 0 aliphatic heterocycles. The maximum atomic E-state index is 12.6. The second-order valence-corrected chi connectivity index (χ2v) is 9.28. The Kier molecular flexibility index (Phi) is 9.19. The van der Waals surface area contributed by atoms with Crippen LogP contribution in [-0.4, -0.2) is 42.4 Å². The highest BCUT2D eigenvalue weighted by atomic mass is 35.5. The van der Waals surface area contributed by atoms with Crippen LogP contribution >= 0.6 is 11.6 Å². The predicted octanol–water partition coefficient (Wildman–Crippen LogP) is 4.68. The van der Waals surface area contributed by atoms with Gasteiger partial charge in [-0.25, -0.2) is 0 Å². The van der Waals surface area contributed by atoms with Gasteiger partial charge in [0.25, 0.3) is 5.91 Å². The highest BCUT2D eigenvalue weighted by Crippen LogP contribution is 2.32. The van der Waals surface area contributed by atoms with Crippen molar-refractivity contribution >= 4 is 29.2 Å². The maximum absolute atomic E-state index is 12.6. The fourth-order valence-electron chi connectivity index (χ4n) is 4.44. The van der Waals surface area contributed by atoms with E-state index in [1.165, 1.54) is 0 Å². The van der Waals surface area contributed by atoms with E-state index in [1.807, 2.05) is 25.1 Å². The van der Waals surface area contributed by atoms with E-state index in [0.29, 0.717) is 48.0 Å². The summed E-state index contributed by atoms with van der Waals surface area (Å²) in [5, 5.41) is 25.1. The number of aliphatic carboxylic acids is 1. The summed E-state index contributed by atoms with van der Waals surface area (Å²) < 4.78 is 5.50. The molecule has 1 aliphatic rings. The fraction of sp³-hybridized carbons (Fsp3) is 0.462. The molecule has 0 heterocycles. The fourth-order valence-corrected chi connectivity index (χ4v) is 4.68. The quantitative estimate of drug-likeness (QED) is 0.387. The zero-order valence-corrected chi connectivity index (χ0v) is 20.4. The van der Waals surface area contributed by atoms with Crippen molar-refractivity contribution in [3.8, 4) is 5.75 Å². The van der Waals surface area contributed by atoms with Crippen LogP contribution in [0.25, 0.3) is 0 Å². The normalized spacial score (nSPS) is 18.7. The molecular formula is C26H33ClN2O5. The molecule has 2 aromatic carbocycles. The van der Waals surface area contributed by atoms with Crippen molar-refractivity contribution in [2.75, 3.05) is 25.6 Å². The highest BCUT2D eigenvalue weighted by molar-refractivity contribution is 6.33. The first kappa shape index (κ1) is 25.8. The number of rotatable bonds is 10. The van der Waals surface area contributed by atoms with E-state index in [0.717, 1.165) is 29.7 Å². The maximum Gasteiger partial charge on any atom is 0.306 e. The van der Waals surface area contributed by atoms with Crippen LogP contribution < -0.4 is 15.4 Å². The van der Waals surface area contributed by atoms with Crippen LogP contribution in [0.4, 0.5) is 5.69 Å². The largest absolute Gasteiger partial charge is 0.496 e. The van der Waals surface area contributed by atoms with Crippen LogP contribution in [-0.2, 0) is 11.2 Å². The Morgan fingerprint density at radius 1 is 1.15 bits per heavy atom. The Balaban J connectivity index is 1.60. The topological polar surface area (TPSA) is 108 Å². The van der Waals surface area contributed by atoms with E-state index in [-0.39, 0.29) is 24.5 Å². The first-order valence-electron chi connectivity index (χ1n) is 11.7. The summed E-state index contributed by atoms with van der Waals surface area (Å²) in [6.07, 6.45) is 3.50. The number of anilines is 1. The number of carboxylic acid groups (broad SMARTS) is 1. The van der Waals surface area contributed by atoms with Crippen molar-refractivity contribution in [1.29, 1.82) is 0 Å². The first-order valence-corrected chi connectivity index (χ1v) is 12.0. The monoisotopic (exact) mass is 488 g/mol. The van der Waals surface area contributed by atoms with Gasteiger partial charge in [0.1, 0.15) is 5.75 Å². The minimum Gasteiger partial charge on any atom is -0.496 e. The summed E-state index contributed by atoms with van der Waals surface area (Å²) in [7, 11) is 1.62. The molecule has 0 spiro atoms. The summed E-state index contributed by atoms with van der Waals surface area (Å²) in [5.74, 6) is -0.137. The summed E-state index contributed by atoms with van der Waals surface area (Å²) in [6.45, 7) is 2.60. The number of amides is 1. The number of aliphatic hydroxyl groups excluding tert-OH is 1. The van der Waals surface area contributed by atoms with Crippen LogP contribution in [0.2, 0.25) is 5.02 Å². The van der Waals surface area contributed by atoms with E-state index in [4.69, 9.17) is 21.4 Å². The molecule has 0 bridgehead atoms. The minimum atomic E-state index is -0.726. The molecule has 7 nitrogen and oxygen atoms in total. The standard InChI is InChI=1S/C26H33ClN2O5/c1-16(21-13-17(11-12-30)5-10-24(21)34-2)29-23-9-8-20(14-22(23)27)25(31)28-15-18-3-6-19(7-4-18)26(32)33/h5,8-10,13-14,16,18-19,29-30H,3-4,6-7,11-12,15H2,1-2H3,(H,28,31)(H,32,33). The summed E-state index contributed by atoms with van der Waals surface area (Å²) in [5.41, 5.74) is 3.14. The number of methoxy groups -OCH3 is 1. The number of nitrogens with one attached hydrogen (secondary N) is 2. The molecule has 1 aliphatic carbocycles. The van der Waals surface area contributed by atoms with Gasteiger partial charge in [0.2, 0.25) is 0 Å². The average molecular weight is 489 g/mol. The molecule has 184 valence electrons. The Bertz CT molecular complexity index is 1000. The number of aliphatic hydroxyl groups is 1. The molecule has 34 heavy (non-hydrogen) atoms. The highest BCUT2D eigenvalue weighted by Gasteiger charge is 2.26. The van der Waals surface area contributed by atoms with Gasteiger partial charge in [0, 0.05) is 24.3 Å². The van der Waals surface area contributed by atoms with E-state index < -0.39 is 5.97 Å². The molecule has 0 radical (unpaired) electrons. The summed E-state index contributed by atoms with van der Waals surface area (Å²) >= 11 is 6.49. The van der Waals surface area contributed by atoms with Gasteiger partial charge >= 0.3 is 5.97 Å². The Morgan fingerprint density at radius 3 is 2.50 bits per heavy atom. The number of carboxylic acids is 1. The third-order valence-electron chi connectivity index (χ3n) is 6.51. The van der Waals surface area contributed by atoms with Gasteiger partial charge in [-0.3, -0.25) is 9.59 Å². The molecule has 1 saturated carbocycles.